The molecule has 2 amide bonds. The number of anilines is 1. The number of carbonyl (C=O) groups excluding carboxylic acids is 1. The van der Waals surface area contributed by atoms with Gasteiger partial charge < -0.3 is 20.4 Å². The van der Waals surface area contributed by atoms with Crippen LogP contribution in [0.5, 0.6) is 0 Å². The van der Waals surface area contributed by atoms with E-state index >= 15 is 0 Å². The van der Waals surface area contributed by atoms with E-state index in [4.69, 9.17) is 5.11 Å². The van der Waals surface area contributed by atoms with Crippen molar-refractivity contribution < 1.29 is 19.8 Å². The molecule has 0 bridgehead atoms. The number of carboxylic acids is 1. The average molecular weight is 279 g/mol. The molecule has 1 fully saturated rings. The zero-order valence-corrected chi connectivity index (χ0v) is 11.2. The van der Waals surface area contributed by atoms with E-state index in [2.05, 4.69) is 10.3 Å². The van der Waals surface area contributed by atoms with Gasteiger partial charge in [-0.05, 0) is 31.9 Å². The number of aliphatic hydroxyl groups is 1. The second-order valence-corrected chi connectivity index (χ2v) is 5.19. The molecule has 1 saturated heterocycles. The number of likely N-dealkylation sites (tertiary alicyclic amines) is 1. The molecule has 1 aliphatic heterocycles. The number of β-amino-alcohol motifs (C(OH)–C–C–N with tert-alkyl or cyclic N) is 1. The molecule has 20 heavy (non-hydrogen) atoms. The number of hydrogen-bond acceptors (Lipinski definition) is 4. The third-order valence-electron chi connectivity index (χ3n) is 3.20. The maximum absolute atomic E-state index is 12.0. The zero-order valence-electron chi connectivity index (χ0n) is 11.2. The van der Waals surface area contributed by atoms with Gasteiger partial charge in [-0.15, -0.1) is 0 Å². The van der Waals surface area contributed by atoms with E-state index in [1.165, 1.54) is 23.2 Å². The van der Waals surface area contributed by atoms with E-state index in [-0.39, 0.29) is 18.3 Å². The summed E-state index contributed by atoms with van der Waals surface area (Å²) in [6.07, 6.45) is 2.71. The molecule has 7 heteroatoms. The molecule has 3 N–H and O–H groups in total. The fourth-order valence-electron chi connectivity index (χ4n) is 2.19. The third kappa shape index (κ3) is 3.45. The highest BCUT2D eigenvalue weighted by Gasteiger charge is 2.30. The van der Waals surface area contributed by atoms with Crippen LogP contribution in [0.25, 0.3) is 0 Å². The smallest absolute Gasteiger partial charge is 0.354 e. The lowest BCUT2D eigenvalue weighted by atomic mass is 9.95. The summed E-state index contributed by atoms with van der Waals surface area (Å²) in [6, 6.07) is 2.48. The Labute approximate surface area is 116 Å². The minimum Gasteiger partial charge on any atom is -0.477 e. The highest BCUT2D eigenvalue weighted by molar-refractivity contribution is 5.90. The molecule has 0 aliphatic carbocycles. The lowest BCUT2D eigenvalue weighted by molar-refractivity contribution is -0.000639. The molecule has 0 radical (unpaired) electrons. The normalized spacial score (nSPS) is 22.4. The largest absolute Gasteiger partial charge is 0.477 e. The van der Waals surface area contributed by atoms with E-state index in [9.17, 15) is 14.7 Å². The maximum atomic E-state index is 12.0. The third-order valence-corrected chi connectivity index (χ3v) is 3.20. The van der Waals surface area contributed by atoms with Gasteiger partial charge in [0.05, 0.1) is 24.0 Å². The van der Waals surface area contributed by atoms with Crippen LogP contribution < -0.4 is 5.32 Å². The van der Waals surface area contributed by atoms with Crippen LogP contribution >= 0.6 is 0 Å². The van der Waals surface area contributed by atoms with Crippen LogP contribution in [0.2, 0.25) is 0 Å². The number of nitrogens with one attached hydrogen (secondary N) is 1. The molecule has 2 heterocycles. The fourth-order valence-corrected chi connectivity index (χ4v) is 2.19. The molecular formula is C13H17N3O4. The van der Waals surface area contributed by atoms with E-state index in [1.807, 2.05) is 0 Å². The molecule has 1 aliphatic rings. The molecule has 0 aromatic carbocycles. The summed E-state index contributed by atoms with van der Waals surface area (Å²) in [5.74, 6) is -1.12. The van der Waals surface area contributed by atoms with Gasteiger partial charge in [0.15, 0.2) is 0 Å². The Bertz CT molecular complexity index is 513. The van der Waals surface area contributed by atoms with Crippen LogP contribution in [0, 0.1) is 0 Å². The monoisotopic (exact) mass is 279 g/mol. The molecule has 1 aromatic heterocycles. The van der Waals surface area contributed by atoms with Crippen molar-refractivity contribution >= 4 is 17.7 Å². The van der Waals surface area contributed by atoms with E-state index < -0.39 is 11.6 Å². The van der Waals surface area contributed by atoms with Gasteiger partial charge in [-0.2, -0.15) is 0 Å². The van der Waals surface area contributed by atoms with Crippen LogP contribution in [-0.2, 0) is 0 Å². The summed E-state index contributed by atoms with van der Waals surface area (Å²) in [6.45, 7) is 2.57. The van der Waals surface area contributed by atoms with Crippen molar-refractivity contribution in [3.8, 4) is 0 Å². The van der Waals surface area contributed by atoms with Gasteiger partial charge in [0.1, 0.15) is 5.69 Å². The van der Waals surface area contributed by atoms with Gasteiger partial charge in [-0.25, -0.2) is 14.6 Å². The van der Waals surface area contributed by atoms with Crippen LogP contribution in [0.1, 0.15) is 30.3 Å². The molecule has 1 aromatic rings. The second-order valence-electron chi connectivity index (χ2n) is 5.19. The lowest BCUT2D eigenvalue weighted by Crippen LogP contribution is -2.49. The number of rotatable bonds is 2. The summed E-state index contributed by atoms with van der Waals surface area (Å²) in [4.78, 5) is 28.0. The maximum Gasteiger partial charge on any atom is 0.354 e. The first-order valence-electron chi connectivity index (χ1n) is 6.35. The topological polar surface area (TPSA) is 103 Å². The number of urea groups is 1. The summed E-state index contributed by atoms with van der Waals surface area (Å²) in [5, 5.41) is 21.3. The fraction of sp³-hybridized carbons (Fsp3) is 0.462. The first-order valence-corrected chi connectivity index (χ1v) is 6.35. The number of carboxylic acid groups (broad SMARTS) is 1. The van der Waals surface area contributed by atoms with E-state index in [0.717, 1.165) is 6.42 Å². The molecule has 0 saturated carbocycles. The Morgan fingerprint density at radius 3 is 2.75 bits per heavy atom. The number of amides is 2. The number of nitrogens with zero attached hydrogens (tertiary/aromatic N) is 2. The first kappa shape index (κ1) is 14.3. The van der Waals surface area contributed by atoms with Gasteiger partial charge in [-0.3, -0.25) is 0 Å². The number of piperidine rings is 1. The van der Waals surface area contributed by atoms with Crippen LogP contribution in [0.3, 0.4) is 0 Å². The molecule has 0 spiro atoms. The van der Waals surface area contributed by atoms with E-state index in [0.29, 0.717) is 18.7 Å². The van der Waals surface area contributed by atoms with Crippen LogP contribution in [-0.4, -0.2) is 50.8 Å². The summed E-state index contributed by atoms with van der Waals surface area (Å²) in [7, 11) is 0. The highest BCUT2D eigenvalue weighted by atomic mass is 16.4. The van der Waals surface area contributed by atoms with Crippen molar-refractivity contribution in [3.05, 3.63) is 24.0 Å². The summed E-state index contributed by atoms with van der Waals surface area (Å²) < 4.78 is 0. The summed E-state index contributed by atoms with van der Waals surface area (Å²) >= 11 is 0. The van der Waals surface area contributed by atoms with Crippen molar-refractivity contribution in [2.24, 2.45) is 0 Å². The van der Waals surface area contributed by atoms with Crippen LogP contribution in [0.15, 0.2) is 18.3 Å². The summed E-state index contributed by atoms with van der Waals surface area (Å²) in [5.41, 5.74) is -0.518. The van der Waals surface area contributed by atoms with Gasteiger partial charge >= 0.3 is 12.0 Å². The first-order chi connectivity index (χ1) is 9.37. The lowest BCUT2D eigenvalue weighted by Gasteiger charge is -2.36. The minimum atomic E-state index is -1.12. The Kier molecular flexibility index (Phi) is 3.89. The Morgan fingerprint density at radius 2 is 2.20 bits per heavy atom. The molecular weight excluding hydrogens is 262 g/mol. The molecule has 7 nitrogen and oxygen atoms in total. The van der Waals surface area contributed by atoms with Crippen molar-refractivity contribution in [1.29, 1.82) is 0 Å². The van der Waals surface area contributed by atoms with Gasteiger partial charge in [0.25, 0.3) is 0 Å². The predicted octanol–water partition coefficient (Wildman–Crippen LogP) is 1.16. The minimum absolute atomic E-state index is 0.0797. The predicted molar refractivity (Wildman–Crippen MR) is 71.6 cm³/mol. The van der Waals surface area contributed by atoms with Gasteiger partial charge in [0.2, 0.25) is 0 Å². The molecule has 108 valence electrons. The number of hydrogen-bond donors (Lipinski definition) is 3. The molecule has 1 unspecified atom stereocenters. The van der Waals surface area contributed by atoms with Gasteiger partial charge in [-0.1, -0.05) is 0 Å². The Balaban J connectivity index is 1.99. The standard InChI is InChI=1S/C13H17N3O4/c1-13(20)5-2-6-16(8-13)12(19)15-9-3-4-10(11(17)18)14-7-9/h3-4,7,20H,2,5-6,8H2,1H3,(H,15,19)(H,17,18). The van der Waals surface area contributed by atoms with Crippen molar-refractivity contribution in [1.82, 2.24) is 9.88 Å². The molecule has 1 atom stereocenters. The Morgan fingerprint density at radius 1 is 1.45 bits per heavy atom. The number of aromatic nitrogens is 1. The van der Waals surface area contributed by atoms with Gasteiger partial charge in [0, 0.05) is 6.54 Å². The Hall–Kier alpha value is -2.15. The van der Waals surface area contributed by atoms with E-state index in [1.54, 1.807) is 6.92 Å². The average Bonchev–Trinajstić information content (AvgIpc) is 2.38. The van der Waals surface area contributed by atoms with Crippen molar-refractivity contribution in [3.63, 3.8) is 0 Å². The van der Waals surface area contributed by atoms with Crippen molar-refractivity contribution in [2.75, 3.05) is 18.4 Å². The molecule has 2 rings (SSSR count). The highest BCUT2D eigenvalue weighted by Crippen LogP contribution is 2.21. The number of carbonyl (C=O) groups is 2. The number of aromatic carboxylic acids is 1. The van der Waals surface area contributed by atoms with Crippen LogP contribution in [0.4, 0.5) is 10.5 Å². The zero-order chi connectivity index (χ0) is 14.8. The second kappa shape index (κ2) is 5.46. The number of pyridine rings is 1. The quantitative estimate of drug-likeness (QED) is 0.753. The SMILES string of the molecule is CC1(O)CCCN(C(=O)Nc2ccc(C(=O)O)nc2)C1. The van der Waals surface area contributed by atoms with Crippen molar-refractivity contribution in [2.45, 2.75) is 25.4 Å².